The number of piperazine rings is 1. The summed E-state index contributed by atoms with van der Waals surface area (Å²) in [6.07, 6.45) is 0. The highest BCUT2D eigenvalue weighted by Gasteiger charge is 2.19. The number of aromatic nitrogens is 4. The topological polar surface area (TPSA) is 96.1 Å². The Morgan fingerprint density at radius 1 is 1.21 bits per heavy atom. The molecule has 1 aliphatic rings. The highest BCUT2D eigenvalue weighted by atomic mass is 16.2. The monoisotopic (exact) mass is 374 g/mol. The number of benzene rings is 2. The van der Waals surface area contributed by atoms with Crippen molar-refractivity contribution in [2.45, 2.75) is 0 Å². The Bertz CT molecular complexity index is 1180. The van der Waals surface area contributed by atoms with E-state index in [2.05, 4.69) is 50.1 Å². The number of imidazole rings is 1. The number of nitrogens with zero attached hydrogens (tertiary/aromatic N) is 5. The third kappa shape index (κ3) is 2.69. The summed E-state index contributed by atoms with van der Waals surface area (Å²) < 4.78 is 1.18. The number of likely N-dealkylation sites (N-methyl/N-ethyl adjacent to an activating group) is 1. The Kier molecular flexibility index (Phi) is 3.80. The van der Waals surface area contributed by atoms with Crippen LogP contribution >= 0.6 is 0 Å². The van der Waals surface area contributed by atoms with Gasteiger partial charge in [-0.05, 0) is 43.4 Å². The van der Waals surface area contributed by atoms with Gasteiger partial charge in [-0.3, -0.25) is 0 Å². The molecule has 141 valence electrons. The van der Waals surface area contributed by atoms with Gasteiger partial charge in [0.15, 0.2) is 5.82 Å². The fraction of sp³-hybridized carbons (Fsp3) is 0.250. The lowest BCUT2D eigenvalue weighted by molar-refractivity contribution is 0.248. The van der Waals surface area contributed by atoms with Gasteiger partial charge in [0.05, 0.1) is 16.6 Å². The van der Waals surface area contributed by atoms with Crippen LogP contribution in [0.2, 0.25) is 0 Å². The molecular weight excluding hydrogens is 354 g/mol. The molecule has 1 radical (unpaired) electrons. The summed E-state index contributed by atoms with van der Waals surface area (Å²) >= 11 is 0. The van der Waals surface area contributed by atoms with Gasteiger partial charge in [-0.2, -0.15) is 9.78 Å². The second-order valence-corrected chi connectivity index (χ2v) is 7.12. The lowest BCUT2D eigenvalue weighted by Gasteiger charge is -2.34. The third-order valence-corrected chi connectivity index (χ3v) is 5.29. The molecule has 0 saturated carbocycles. The summed E-state index contributed by atoms with van der Waals surface area (Å²) in [5.41, 5.74) is 9.66. The number of hydrogen-bond acceptors (Lipinski definition) is 5. The number of carbonyl (C=O) groups excluding carboxylic acids is 1. The van der Waals surface area contributed by atoms with Crippen molar-refractivity contribution in [2.24, 2.45) is 5.73 Å². The summed E-state index contributed by atoms with van der Waals surface area (Å²) in [5.74, 6) is 0.613. The van der Waals surface area contributed by atoms with Crippen LogP contribution in [0.3, 0.4) is 0 Å². The van der Waals surface area contributed by atoms with Crippen LogP contribution in [0.1, 0.15) is 0 Å². The Hall–Kier alpha value is -3.39. The van der Waals surface area contributed by atoms with E-state index in [9.17, 15) is 4.79 Å². The molecule has 0 bridgehead atoms. The van der Waals surface area contributed by atoms with E-state index in [4.69, 9.17) is 5.73 Å². The molecule has 2 aromatic carbocycles. The number of fused-ring (bicyclic) bond motifs is 2. The zero-order valence-corrected chi connectivity index (χ0v) is 15.5. The molecule has 3 N–H and O–H groups in total. The minimum Gasteiger partial charge on any atom is -0.369 e. The molecule has 5 rings (SSSR count). The van der Waals surface area contributed by atoms with Gasteiger partial charge >= 0.3 is 6.03 Å². The highest BCUT2D eigenvalue weighted by Crippen LogP contribution is 2.29. The van der Waals surface area contributed by atoms with Crippen LogP contribution in [0, 0.1) is 6.07 Å². The fourth-order valence-corrected chi connectivity index (χ4v) is 3.72. The molecular formula is C20H20N7O. The van der Waals surface area contributed by atoms with Gasteiger partial charge in [0, 0.05) is 37.3 Å². The summed E-state index contributed by atoms with van der Waals surface area (Å²) in [6.45, 7) is 4.12. The van der Waals surface area contributed by atoms with Crippen LogP contribution in [0.15, 0.2) is 36.4 Å². The molecule has 28 heavy (non-hydrogen) atoms. The zero-order chi connectivity index (χ0) is 19.3. The molecule has 0 atom stereocenters. The first-order valence-corrected chi connectivity index (χ1v) is 9.22. The maximum Gasteiger partial charge on any atom is 0.340 e. The lowest BCUT2D eigenvalue weighted by atomic mass is 10.2. The Labute approximate surface area is 161 Å². The molecule has 4 aromatic rings. The summed E-state index contributed by atoms with van der Waals surface area (Å²) in [7, 11) is 2.15. The average molecular weight is 374 g/mol. The average Bonchev–Trinajstić information content (AvgIpc) is 3.29. The predicted molar refractivity (Wildman–Crippen MR) is 108 cm³/mol. The summed E-state index contributed by atoms with van der Waals surface area (Å²) in [6, 6.07) is 13.9. The van der Waals surface area contributed by atoms with E-state index in [0.29, 0.717) is 17.0 Å². The summed E-state index contributed by atoms with van der Waals surface area (Å²) in [5, 5.41) is 5.19. The van der Waals surface area contributed by atoms with Gasteiger partial charge in [-0.25, -0.2) is 9.78 Å². The van der Waals surface area contributed by atoms with E-state index >= 15 is 0 Å². The van der Waals surface area contributed by atoms with Gasteiger partial charge in [0.2, 0.25) is 0 Å². The van der Waals surface area contributed by atoms with Crippen LogP contribution in [-0.2, 0) is 0 Å². The number of H-pyrrole nitrogens is 1. The van der Waals surface area contributed by atoms with Crippen molar-refractivity contribution in [3.8, 4) is 11.5 Å². The molecule has 2 aromatic heterocycles. The number of amides is 1. The van der Waals surface area contributed by atoms with Crippen molar-refractivity contribution >= 4 is 33.7 Å². The van der Waals surface area contributed by atoms with Crippen molar-refractivity contribution < 1.29 is 4.79 Å². The van der Waals surface area contributed by atoms with E-state index in [1.165, 1.54) is 10.4 Å². The molecule has 1 saturated heterocycles. The first-order valence-electron chi connectivity index (χ1n) is 9.22. The largest absolute Gasteiger partial charge is 0.369 e. The van der Waals surface area contributed by atoms with Crippen molar-refractivity contribution in [1.82, 2.24) is 24.6 Å². The van der Waals surface area contributed by atoms with Crippen LogP contribution in [0.25, 0.3) is 33.5 Å². The van der Waals surface area contributed by atoms with Crippen LogP contribution in [-0.4, -0.2) is 63.9 Å². The normalized spacial score (nSPS) is 15.5. The minimum absolute atomic E-state index is 0.597. The number of nitrogens with one attached hydrogen (secondary N) is 1. The number of aromatic amines is 1. The SMILES string of the molecule is CN1CCN(c2ccc3nc(-c4nn(C(N)=O)c5c[c]ccc45)[nH]c3c2)CC1. The molecule has 8 heteroatoms. The van der Waals surface area contributed by atoms with Gasteiger partial charge in [-0.1, -0.05) is 6.07 Å². The quantitative estimate of drug-likeness (QED) is 0.560. The van der Waals surface area contributed by atoms with Gasteiger partial charge in [0.1, 0.15) is 5.69 Å². The van der Waals surface area contributed by atoms with E-state index in [1.807, 2.05) is 12.1 Å². The standard InChI is InChI=1S/C20H20N7O/c1-25-8-10-26(11-9-25)13-6-7-15-16(12-13)23-19(22-15)18-14-4-2-3-5-17(14)27(24-18)20(21)28/h2,4-7,12H,8-11H2,1H3,(H2,21,28)(H,22,23). The molecule has 0 spiro atoms. The maximum absolute atomic E-state index is 11.7. The van der Waals surface area contributed by atoms with Crippen molar-refractivity contribution in [1.29, 1.82) is 0 Å². The van der Waals surface area contributed by atoms with E-state index in [-0.39, 0.29) is 0 Å². The van der Waals surface area contributed by atoms with Crippen LogP contribution in [0.4, 0.5) is 10.5 Å². The summed E-state index contributed by atoms with van der Waals surface area (Å²) in [4.78, 5) is 24.5. The number of primary amides is 1. The number of carbonyl (C=O) groups is 1. The Morgan fingerprint density at radius 3 is 2.82 bits per heavy atom. The van der Waals surface area contributed by atoms with E-state index < -0.39 is 6.03 Å². The maximum atomic E-state index is 11.7. The number of anilines is 1. The number of rotatable bonds is 2. The lowest BCUT2D eigenvalue weighted by Crippen LogP contribution is -2.44. The molecule has 0 unspecified atom stereocenters. The third-order valence-electron chi connectivity index (χ3n) is 5.29. The number of hydrogen-bond donors (Lipinski definition) is 2. The first kappa shape index (κ1) is 16.8. The van der Waals surface area contributed by atoms with Crippen molar-refractivity contribution in [2.75, 3.05) is 38.1 Å². The number of nitrogens with two attached hydrogens (primary N) is 1. The molecule has 3 heterocycles. The second-order valence-electron chi connectivity index (χ2n) is 7.12. The smallest absolute Gasteiger partial charge is 0.340 e. The molecule has 1 amide bonds. The second kappa shape index (κ2) is 6.35. The minimum atomic E-state index is -0.635. The first-order chi connectivity index (χ1) is 13.6. The van der Waals surface area contributed by atoms with E-state index in [1.54, 1.807) is 12.1 Å². The zero-order valence-electron chi connectivity index (χ0n) is 15.5. The van der Waals surface area contributed by atoms with E-state index in [0.717, 1.165) is 42.6 Å². The molecule has 1 fully saturated rings. The predicted octanol–water partition coefficient (Wildman–Crippen LogP) is 2.06. The van der Waals surface area contributed by atoms with Crippen LogP contribution in [0.5, 0.6) is 0 Å². The highest BCUT2D eigenvalue weighted by molar-refractivity contribution is 5.98. The Balaban J connectivity index is 1.57. The Morgan fingerprint density at radius 2 is 2.04 bits per heavy atom. The van der Waals surface area contributed by atoms with Gasteiger partial charge < -0.3 is 20.5 Å². The fourth-order valence-electron chi connectivity index (χ4n) is 3.72. The van der Waals surface area contributed by atoms with Crippen molar-refractivity contribution in [3.05, 3.63) is 42.5 Å². The van der Waals surface area contributed by atoms with Crippen molar-refractivity contribution in [3.63, 3.8) is 0 Å². The molecule has 0 aliphatic carbocycles. The molecule has 8 nitrogen and oxygen atoms in total. The molecule has 1 aliphatic heterocycles. The van der Waals surface area contributed by atoms with Crippen LogP contribution < -0.4 is 10.6 Å². The van der Waals surface area contributed by atoms with Gasteiger partial charge in [-0.15, -0.1) is 0 Å². The van der Waals surface area contributed by atoms with Gasteiger partial charge in [0.25, 0.3) is 0 Å².